The second kappa shape index (κ2) is 7.55. The Morgan fingerprint density at radius 3 is 2.97 bits per heavy atom. The van der Waals surface area contributed by atoms with Crippen molar-refractivity contribution in [1.82, 2.24) is 24.6 Å². The van der Waals surface area contributed by atoms with E-state index in [1.54, 1.807) is 12.3 Å². The van der Waals surface area contributed by atoms with Crippen molar-refractivity contribution in [2.75, 3.05) is 6.54 Å². The van der Waals surface area contributed by atoms with Crippen LogP contribution in [0.4, 0.5) is 0 Å². The highest BCUT2D eigenvalue weighted by Crippen LogP contribution is 2.44. The van der Waals surface area contributed by atoms with E-state index in [9.17, 15) is 9.59 Å². The van der Waals surface area contributed by atoms with Crippen molar-refractivity contribution in [2.45, 2.75) is 64.0 Å². The first-order chi connectivity index (χ1) is 15.0. The normalized spacial score (nSPS) is 22.8. The summed E-state index contributed by atoms with van der Waals surface area (Å²) in [7, 11) is 0. The Kier molecular flexibility index (Phi) is 4.84. The zero-order valence-electron chi connectivity index (χ0n) is 18.0. The van der Waals surface area contributed by atoms with Crippen LogP contribution in [0.5, 0.6) is 0 Å². The molecule has 2 aromatic heterocycles. The summed E-state index contributed by atoms with van der Waals surface area (Å²) in [6.45, 7) is 5.23. The molecule has 160 valence electrons. The summed E-state index contributed by atoms with van der Waals surface area (Å²) < 4.78 is 1.41. The maximum Gasteiger partial charge on any atom is 0.274 e. The zero-order valence-corrected chi connectivity index (χ0v) is 18.0. The van der Waals surface area contributed by atoms with Gasteiger partial charge in [-0.05, 0) is 44.2 Å². The SMILES string of the molecule is Cc1ncc2c(n1)[C@]1(C)CCCN(C(=O)CCn3ncc4ccccc4c3=O)C1CC2. The molecule has 3 aromatic rings. The summed E-state index contributed by atoms with van der Waals surface area (Å²) in [5.41, 5.74) is 2.03. The van der Waals surface area contributed by atoms with Crippen LogP contribution in [0.2, 0.25) is 0 Å². The van der Waals surface area contributed by atoms with Gasteiger partial charge in [0.05, 0.1) is 23.8 Å². The molecule has 0 spiro atoms. The fourth-order valence-corrected chi connectivity index (χ4v) is 5.43. The Morgan fingerprint density at radius 1 is 1.26 bits per heavy atom. The van der Waals surface area contributed by atoms with Crippen molar-refractivity contribution in [3.63, 3.8) is 0 Å². The maximum absolute atomic E-state index is 13.3. The number of fused-ring (bicyclic) bond motifs is 4. The second-order valence-electron chi connectivity index (χ2n) is 8.96. The number of rotatable bonds is 3. The average Bonchev–Trinajstić information content (AvgIpc) is 2.78. The predicted octanol–water partition coefficient (Wildman–Crippen LogP) is 2.78. The summed E-state index contributed by atoms with van der Waals surface area (Å²) >= 11 is 0. The first kappa shape index (κ1) is 19.8. The summed E-state index contributed by atoms with van der Waals surface area (Å²) in [6, 6.07) is 7.55. The molecule has 1 aliphatic heterocycles. The number of hydrogen-bond acceptors (Lipinski definition) is 5. The highest BCUT2D eigenvalue weighted by molar-refractivity contribution is 5.80. The molecule has 2 aliphatic rings. The van der Waals surface area contributed by atoms with E-state index in [-0.39, 0.29) is 29.3 Å². The van der Waals surface area contributed by atoms with Gasteiger partial charge in [0.2, 0.25) is 5.91 Å². The lowest BCUT2D eigenvalue weighted by molar-refractivity contribution is -0.138. The molecule has 2 atom stereocenters. The molecule has 1 saturated heterocycles. The number of aryl methyl sites for hydroxylation is 3. The first-order valence-corrected chi connectivity index (χ1v) is 11.0. The molecule has 5 rings (SSSR count). The number of benzene rings is 1. The number of piperidine rings is 1. The van der Waals surface area contributed by atoms with Gasteiger partial charge in [-0.25, -0.2) is 14.6 Å². The Morgan fingerprint density at radius 2 is 2.10 bits per heavy atom. The van der Waals surface area contributed by atoms with Crippen LogP contribution < -0.4 is 5.56 Å². The first-order valence-electron chi connectivity index (χ1n) is 11.0. The van der Waals surface area contributed by atoms with Crippen LogP contribution in [0.1, 0.15) is 49.7 Å². The number of nitrogens with zero attached hydrogens (tertiary/aromatic N) is 5. The average molecular weight is 418 g/mol. The van der Waals surface area contributed by atoms with Gasteiger partial charge in [-0.3, -0.25) is 9.59 Å². The van der Waals surface area contributed by atoms with Gasteiger partial charge in [-0.2, -0.15) is 5.10 Å². The van der Waals surface area contributed by atoms with E-state index in [4.69, 9.17) is 4.98 Å². The minimum atomic E-state index is -0.146. The van der Waals surface area contributed by atoms with Crippen molar-refractivity contribution >= 4 is 16.7 Å². The number of hydrogen-bond donors (Lipinski definition) is 0. The molecule has 3 heterocycles. The monoisotopic (exact) mass is 417 g/mol. The molecule has 31 heavy (non-hydrogen) atoms. The molecule has 1 fully saturated rings. The fourth-order valence-electron chi connectivity index (χ4n) is 5.43. The van der Waals surface area contributed by atoms with E-state index < -0.39 is 0 Å². The number of amides is 1. The molecule has 7 nitrogen and oxygen atoms in total. The summed E-state index contributed by atoms with van der Waals surface area (Å²) in [5.74, 6) is 0.873. The quantitative estimate of drug-likeness (QED) is 0.655. The molecule has 0 radical (unpaired) electrons. The van der Waals surface area contributed by atoms with Crippen molar-refractivity contribution in [3.05, 3.63) is 64.1 Å². The Labute approximate surface area is 181 Å². The molecule has 0 bridgehead atoms. The minimum absolute atomic E-state index is 0.0898. The van der Waals surface area contributed by atoms with E-state index in [2.05, 4.69) is 17.0 Å². The topological polar surface area (TPSA) is 81.0 Å². The largest absolute Gasteiger partial charge is 0.339 e. The minimum Gasteiger partial charge on any atom is -0.339 e. The van der Waals surface area contributed by atoms with Gasteiger partial charge < -0.3 is 4.90 Å². The van der Waals surface area contributed by atoms with Gasteiger partial charge in [0.15, 0.2) is 0 Å². The molecular weight excluding hydrogens is 390 g/mol. The lowest BCUT2D eigenvalue weighted by Crippen LogP contribution is -2.58. The molecule has 7 heteroatoms. The van der Waals surface area contributed by atoms with Gasteiger partial charge in [-0.1, -0.05) is 25.1 Å². The van der Waals surface area contributed by atoms with E-state index in [0.717, 1.165) is 49.1 Å². The summed E-state index contributed by atoms with van der Waals surface area (Å²) in [5, 5.41) is 5.73. The van der Waals surface area contributed by atoms with E-state index in [1.165, 1.54) is 10.2 Å². The van der Waals surface area contributed by atoms with Crippen LogP contribution >= 0.6 is 0 Å². The van der Waals surface area contributed by atoms with E-state index >= 15 is 0 Å². The Balaban J connectivity index is 1.37. The van der Waals surface area contributed by atoms with E-state index in [0.29, 0.717) is 11.9 Å². The predicted molar refractivity (Wildman–Crippen MR) is 118 cm³/mol. The second-order valence-corrected chi connectivity index (χ2v) is 8.96. The molecule has 1 amide bonds. The van der Waals surface area contributed by atoms with Crippen LogP contribution in [0.3, 0.4) is 0 Å². The van der Waals surface area contributed by atoms with Crippen LogP contribution in [-0.4, -0.2) is 43.1 Å². The lowest BCUT2D eigenvalue weighted by Gasteiger charge is -2.51. The van der Waals surface area contributed by atoms with Crippen LogP contribution in [0.15, 0.2) is 41.5 Å². The van der Waals surface area contributed by atoms with Crippen LogP contribution in [0, 0.1) is 6.92 Å². The summed E-state index contributed by atoms with van der Waals surface area (Å²) in [4.78, 5) is 37.2. The van der Waals surface area contributed by atoms with E-state index in [1.807, 2.05) is 36.2 Å². The molecule has 1 aliphatic carbocycles. The third kappa shape index (κ3) is 3.32. The van der Waals surface area contributed by atoms with Crippen molar-refractivity contribution in [2.24, 2.45) is 0 Å². The standard InChI is InChI=1S/C24H27N5O2/c1-16-25-14-18-8-9-20-24(2,22(18)27-16)11-5-12-28(20)21(30)10-13-29-23(31)19-7-4-3-6-17(19)15-26-29/h3-4,6-7,14-15,20H,5,8-13H2,1-2H3/t20?,24-/m1/s1. The number of carbonyl (C=O) groups excluding carboxylic acids is 1. The number of likely N-dealkylation sites (tertiary alicyclic amines) is 1. The number of aromatic nitrogens is 4. The van der Waals surface area contributed by atoms with Crippen molar-refractivity contribution in [3.8, 4) is 0 Å². The Hall–Kier alpha value is -3.09. The zero-order chi connectivity index (χ0) is 21.6. The van der Waals surface area contributed by atoms with Gasteiger partial charge >= 0.3 is 0 Å². The number of carbonyl (C=O) groups is 1. The molecule has 1 unspecified atom stereocenters. The van der Waals surface area contributed by atoms with Crippen molar-refractivity contribution in [1.29, 1.82) is 0 Å². The maximum atomic E-state index is 13.3. The smallest absolute Gasteiger partial charge is 0.274 e. The molecular formula is C24H27N5O2. The Bertz CT molecular complexity index is 1220. The van der Waals surface area contributed by atoms with Crippen molar-refractivity contribution < 1.29 is 4.79 Å². The molecule has 0 saturated carbocycles. The lowest BCUT2D eigenvalue weighted by atomic mass is 9.65. The highest BCUT2D eigenvalue weighted by Gasteiger charge is 2.48. The molecule has 1 aromatic carbocycles. The molecule has 0 N–H and O–H groups in total. The van der Waals surface area contributed by atoms with Gasteiger partial charge in [0.25, 0.3) is 5.56 Å². The highest BCUT2D eigenvalue weighted by atomic mass is 16.2. The summed E-state index contributed by atoms with van der Waals surface area (Å²) in [6.07, 6.45) is 7.72. The third-order valence-electron chi connectivity index (χ3n) is 7.04. The van der Waals surface area contributed by atoms with Gasteiger partial charge in [-0.15, -0.1) is 0 Å². The third-order valence-corrected chi connectivity index (χ3v) is 7.04. The van der Waals surface area contributed by atoms with Gasteiger partial charge in [0, 0.05) is 36.0 Å². The van der Waals surface area contributed by atoms with Crippen LogP contribution in [-0.2, 0) is 23.2 Å². The van der Waals surface area contributed by atoms with Crippen LogP contribution in [0.25, 0.3) is 10.8 Å². The fraction of sp³-hybridized carbons (Fsp3) is 0.458. The van der Waals surface area contributed by atoms with Gasteiger partial charge in [0.1, 0.15) is 5.82 Å².